The fourth-order valence-corrected chi connectivity index (χ4v) is 1.55. The van der Waals surface area contributed by atoms with E-state index in [2.05, 4.69) is 32.0 Å². The van der Waals surface area contributed by atoms with Crippen LogP contribution in [0, 0.1) is 5.92 Å². The van der Waals surface area contributed by atoms with Crippen molar-refractivity contribution in [1.29, 1.82) is 0 Å². The Labute approximate surface area is 98.6 Å². The third-order valence-corrected chi connectivity index (χ3v) is 2.74. The van der Waals surface area contributed by atoms with E-state index in [0.717, 1.165) is 18.1 Å². The normalized spacial score (nSPS) is 12.4. The van der Waals surface area contributed by atoms with Crippen molar-refractivity contribution in [2.24, 2.45) is 5.92 Å². The van der Waals surface area contributed by atoms with Gasteiger partial charge in [-0.1, -0.05) is 32.4 Å². The maximum absolute atomic E-state index is 5.58. The van der Waals surface area contributed by atoms with Gasteiger partial charge in [0.15, 0.2) is 0 Å². The molecule has 0 amide bonds. The highest BCUT2D eigenvalue weighted by Gasteiger charge is 2.02. The van der Waals surface area contributed by atoms with E-state index in [0.29, 0.717) is 13.2 Å². The van der Waals surface area contributed by atoms with Crippen molar-refractivity contribution in [3.05, 3.63) is 29.8 Å². The molecule has 2 nitrogen and oxygen atoms in total. The second-order valence-corrected chi connectivity index (χ2v) is 4.21. The molecule has 1 aromatic rings. The van der Waals surface area contributed by atoms with E-state index in [1.165, 1.54) is 12.0 Å². The maximum Gasteiger partial charge on any atom is 0.119 e. The largest absolute Gasteiger partial charge is 0.491 e. The summed E-state index contributed by atoms with van der Waals surface area (Å²) in [4.78, 5) is 0. The fourth-order valence-electron chi connectivity index (χ4n) is 1.55. The summed E-state index contributed by atoms with van der Waals surface area (Å²) in [6, 6.07) is 8.34. The Kier molecular flexibility index (Phi) is 5.94. The lowest BCUT2D eigenvalue weighted by Gasteiger charge is -2.10. The first-order valence-corrected chi connectivity index (χ1v) is 5.97. The molecular weight excluding hydrogens is 200 g/mol. The lowest BCUT2D eigenvalue weighted by Crippen LogP contribution is -2.04. The number of hydrogen-bond acceptors (Lipinski definition) is 2. The molecule has 0 bridgehead atoms. The van der Waals surface area contributed by atoms with Gasteiger partial charge < -0.3 is 9.47 Å². The minimum absolute atomic E-state index is 0.614. The first kappa shape index (κ1) is 13.0. The highest BCUT2D eigenvalue weighted by atomic mass is 16.5. The van der Waals surface area contributed by atoms with Gasteiger partial charge in [-0.25, -0.2) is 0 Å². The van der Waals surface area contributed by atoms with Gasteiger partial charge in [-0.2, -0.15) is 0 Å². The Hall–Kier alpha value is -1.02. The van der Waals surface area contributed by atoms with Gasteiger partial charge >= 0.3 is 0 Å². The SMILES string of the molecule is CCC(C)Cc1cccc(OCCOC)c1. The first-order chi connectivity index (χ1) is 7.76. The van der Waals surface area contributed by atoms with Crippen LogP contribution in [0.5, 0.6) is 5.75 Å². The molecule has 2 heteroatoms. The van der Waals surface area contributed by atoms with Gasteiger partial charge in [-0.3, -0.25) is 0 Å². The molecule has 0 aliphatic carbocycles. The highest BCUT2D eigenvalue weighted by molar-refractivity contribution is 5.28. The summed E-state index contributed by atoms with van der Waals surface area (Å²) in [5.41, 5.74) is 1.35. The molecule has 0 spiro atoms. The molecule has 0 N–H and O–H groups in total. The van der Waals surface area contributed by atoms with E-state index < -0.39 is 0 Å². The number of benzene rings is 1. The Morgan fingerprint density at radius 1 is 1.25 bits per heavy atom. The molecule has 1 rings (SSSR count). The number of rotatable bonds is 7. The molecule has 0 aromatic heterocycles. The van der Waals surface area contributed by atoms with Crippen LogP contribution in [0.25, 0.3) is 0 Å². The topological polar surface area (TPSA) is 18.5 Å². The summed E-state index contributed by atoms with van der Waals surface area (Å²) in [5, 5.41) is 0. The zero-order valence-corrected chi connectivity index (χ0v) is 10.5. The summed E-state index contributed by atoms with van der Waals surface area (Å²) >= 11 is 0. The Bertz CT molecular complexity index is 297. The number of hydrogen-bond donors (Lipinski definition) is 0. The van der Waals surface area contributed by atoms with Crippen LogP contribution in [0.3, 0.4) is 0 Å². The highest BCUT2D eigenvalue weighted by Crippen LogP contribution is 2.17. The van der Waals surface area contributed by atoms with E-state index in [1.54, 1.807) is 7.11 Å². The van der Waals surface area contributed by atoms with Gasteiger partial charge in [-0.05, 0) is 30.0 Å². The lowest BCUT2D eigenvalue weighted by atomic mass is 9.99. The minimum Gasteiger partial charge on any atom is -0.491 e. The molecular formula is C14H22O2. The van der Waals surface area contributed by atoms with Crippen molar-refractivity contribution >= 4 is 0 Å². The molecule has 90 valence electrons. The predicted octanol–water partition coefficient (Wildman–Crippen LogP) is 3.30. The van der Waals surface area contributed by atoms with Crippen molar-refractivity contribution in [3.8, 4) is 5.75 Å². The lowest BCUT2D eigenvalue weighted by molar-refractivity contribution is 0.146. The van der Waals surface area contributed by atoms with Gasteiger partial charge in [0.1, 0.15) is 12.4 Å². The summed E-state index contributed by atoms with van der Waals surface area (Å²) < 4.78 is 10.5. The molecule has 1 aromatic carbocycles. The number of ether oxygens (including phenoxy) is 2. The average molecular weight is 222 g/mol. The molecule has 1 atom stereocenters. The molecule has 0 radical (unpaired) electrons. The fraction of sp³-hybridized carbons (Fsp3) is 0.571. The summed E-state index contributed by atoms with van der Waals surface area (Å²) in [5.74, 6) is 1.67. The van der Waals surface area contributed by atoms with Gasteiger partial charge in [0.2, 0.25) is 0 Å². The smallest absolute Gasteiger partial charge is 0.119 e. The molecule has 0 fully saturated rings. The van der Waals surface area contributed by atoms with Crippen LogP contribution in [-0.2, 0) is 11.2 Å². The third kappa shape index (κ3) is 4.67. The van der Waals surface area contributed by atoms with Crippen LogP contribution in [0.4, 0.5) is 0 Å². The van der Waals surface area contributed by atoms with Crippen molar-refractivity contribution in [3.63, 3.8) is 0 Å². The second kappa shape index (κ2) is 7.29. The molecule has 0 saturated carbocycles. The van der Waals surface area contributed by atoms with Gasteiger partial charge in [0, 0.05) is 7.11 Å². The molecule has 0 aliphatic heterocycles. The maximum atomic E-state index is 5.58. The Balaban J connectivity index is 2.50. The summed E-state index contributed by atoms with van der Waals surface area (Å²) in [6.45, 7) is 5.75. The van der Waals surface area contributed by atoms with E-state index in [9.17, 15) is 0 Å². The van der Waals surface area contributed by atoms with E-state index in [4.69, 9.17) is 9.47 Å². The van der Waals surface area contributed by atoms with E-state index in [-0.39, 0.29) is 0 Å². The molecule has 0 saturated heterocycles. The van der Waals surface area contributed by atoms with Crippen molar-refractivity contribution in [2.75, 3.05) is 20.3 Å². The van der Waals surface area contributed by atoms with Crippen LogP contribution in [0.2, 0.25) is 0 Å². The zero-order valence-electron chi connectivity index (χ0n) is 10.5. The van der Waals surface area contributed by atoms with Crippen LogP contribution in [0.15, 0.2) is 24.3 Å². The average Bonchev–Trinajstić information content (AvgIpc) is 2.30. The summed E-state index contributed by atoms with van der Waals surface area (Å²) in [6.07, 6.45) is 2.34. The molecule has 0 heterocycles. The van der Waals surface area contributed by atoms with Gasteiger partial charge in [0.05, 0.1) is 6.61 Å². The second-order valence-electron chi connectivity index (χ2n) is 4.21. The first-order valence-electron chi connectivity index (χ1n) is 5.97. The van der Waals surface area contributed by atoms with Crippen LogP contribution < -0.4 is 4.74 Å². The quantitative estimate of drug-likeness (QED) is 0.659. The van der Waals surface area contributed by atoms with Gasteiger partial charge in [0.25, 0.3) is 0 Å². The standard InChI is InChI=1S/C14H22O2/c1-4-12(2)10-13-6-5-7-14(11-13)16-9-8-15-3/h5-7,11-12H,4,8-10H2,1-3H3. The molecule has 16 heavy (non-hydrogen) atoms. The minimum atomic E-state index is 0.614. The zero-order chi connectivity index (χ0) is 11.8. The van der Waals surface area contributed by atoms with Crippen LogP contribution >= 0.6 is 0 Å². The summed E-state index contributed by atoms with van der Waals surface area (Å²) in [7, 11) is 1.68. The molecule has 1 unspecified atom stereocenters. The predicted molar refractivity (Wildman–Crippen MR) is 67.0 cm³/mol. The van der Waals surface area contributed by atoms with Crippen LogP contribution in [0.1, 0.15) is 25.8 Å². The van der Waals surface area contributed by atoms with E-state index >= 15 is 0 Å². The van der Waals surface area contributed by atoms with Crippen molar-refractivity contribution in [2.45, 2.75) is 26.7 Å². The number of methoxy groups -OCH3 is 1. The monoisotopic (exact) mass is 222 g/mol. The third-order valence-electron chi connectivity index (χ3n) is 2.74. The Morgan fingerprint density at radius 3 is 2.75 bits per heavy atom. The Morgan fingerprint density at radius 2 is 2.06 bits per heavy atom. The van der Waals surface area contributed by atoms with Crippen molar-refractivity contribution in [1.82, 2.24) is 0 Å². The van der Waals surface area contributed by atoms with Crippen LogP contribution in [-0.4, -0.2) is 20.3 Å². The van der Waals surface area contributed by atoms with E-state index in [1.807, 2.05) is 6.07 Å². The molecule has 0 aliphatic rings. The van der Waals surface area contributed by atoms with Crippen molar-refractivity contribution < 1.29 is 9.47 Å². The van der Waals surface area contributed by atoms with Gasteiger partial charge in [-0.15, -0.1) is 0 Å².